The first-order valence-corrected chi connectivity index (χ1v) is 11.2. The van der Waals surface area contributed by atoms with Crippen molar-refractivity contribution in [3.63, 3.8) is 0 Å². The van der Waals surface area contributed by atoms with Gasteiger partial charge in [0.2, 0.25) is 0 Å². The average molecular weight is 539 g/mol. The minimum Gasteiger partial charge on any atom is -0.406 e. The highest BCUT2D eigenvalue weighted by molar-refractivity contribution is 5.63. The molecule has 0 saturated heterocycles. The van der Waals surface area contributed by atoms with E-state index in [1.54, 1.807) is 7.05 Å². The van der Waals surface area contributed by atoms with Crippen LogP contribution in [0.25, 0.3) is 11.1 Å². The van der Waals surface area contributed by atoms with Crippen molar-refractivity contribution in [2.45, 2.75) is 24.8 Å². The van der Waals surface area contributed by atoms with Crippen LogP contribution in [-0.2, 0) is 16.3 Å². The molecule has 0 saturated carbocycles. The third-order valence-electron chi connectivity index (χ3n) is 6.15. The second kappa shape index (κ2) is 10.1. The SMILES string of the molecule is CO[C@](CN1C=NNN1C)(c1ccc(F)cc1C)C(F)(F)c1ccc(-c2ccc(OC(F)(F)F)cc2)cn1. The normalized spacial score (nSPS) is 15.9. The summed E-state index contributed by atoms with van der Waals surface area (Å²) in [5.41, 5.74) is 0.768. The molecule has 0 unspecified atom stereocenters. The third kappa shape index (κ3) is 5.24. The number of hydrogen-bond donors (Lipinski definition) is 1. The number of hydrazone groups is 1. The first-order valence-electron chi connectivity index (χ1n) is 11.2. The molecule has 38 heavy (non-hydrogen) atoms. The minimum absolute atomic E-state index is 0.0474. The number of hydrazine groups is 2. The summed E-state index contributed by atoms with van der Waals surface area (Å²) in [6, 6.07) is 10.9. The second-order valence-electron chi connectivity index (χ2n) is 8.53. The zero-order valence-corrected chi connectivity index (χ0v) is 20.4. The molecule has 1 N–H and O–H groups in total. The van der Waals surface area contributed by atoms with E-state index in [1.165, 1.54) is 53.9 Å². The van der Waals surface area contributed by atoms with Crippen molar-refractivity contribution < 1.29 is 35.8 Å². The lowest BCUT2D eigenvalue weighted by atomic mass is 9.82. The Labute approximate surface area is 214 Å². The van der Waals surface area contributed by atoms with Crippen LogP contribution in [0.1, 0.15) is 16.8 Å². The minimum atomic E-state index is -4.83. The maximum Gasteiger partial charge on any atom is 0.573 e. The van der Waals surface area contributed by atoms with Crippen LogP contribution in [0.3, 0.4) is 0 Å². The van der Waals surface area contributed by atoms with Crippen LogP contribution in [-0.4, -0.2) is 48.5 Å². The van der Waals surface area contributed by atoms with Gasteiger partial charge in [-0.15, -0.1) is 18.3 Å². The number of pyridine rings is 1. The molecular formula is C25H23F6N5O2. The molecule has 0 spiro atoms. The fourth-order valence-corrected chi connectivity index (χ4v) is 4.23. The number of nitrogens with zero attached hydrogens (tertiary/aromatic N) is 4. The van der Waals surface area contributed by atoms with E-state index in [1.807, 2.05) is 0 Å². The van der Waals surface area contributed by atoms with E-state index in [0.29, 0.717) is 11.1 Å². The predicted molar refractivity (Wildman–Crippen MR) is 126 cm³/mol. The monoisotopic (exact) mass is 539 g/mol. The van der Waals surface area contributed by atoms with Gasteiger partial charge in [0.25, 0.3) is 0 Å². The van der Waals surface area contributed by atoms with Crippen molar-refractivity contribution >= 4 is 6.34 Å². The summed E-state index contributed by atoms with van der Waals surface area (Å²) in [4.78, 5) is 3.99. The van der Waals surface area contributed by atoms with Crippen molar-refractivity contribution in [2.24, 2.45) is 5.10 Å². The van der Waals surface area contributed by atoms with Crippen LogP contribution in [0.5, 0.6) is 5.75 Å². The van der Waals surface area contributed by atoms with Gasteiger partial charge in [-0.3, -0.25) is 9.99 Å². The number of halogens is 6. The van der Waals surface area contributed by atoms with E-state index in [9.17, 15) is 17.6 Å². The zero-order chi connectivity index (χ0) is 27.7. The smallest absolute Gasteiger partial charge is 0.406 e. The number of aryl methyl sites for hydroxylation is 1. The van der Waals surface area contributed by atoms with Crippen molar-refractivity contribution in [2.75, 3.05) is 20.7 Å². The van der Waals surface area contributed by atoms with Gasteiger partial charge in [0.15, 0.2) is 5.60 Å². The molecule has 0 radical (unpaired) electrons. The van der Waals surface area contributed by atoms with E-state index < -0.39 is 41.7 Å². The summed E-state index contributed by atoms with van der Waals surface area (Å²) in [5.74, 6) is -4.75. The number of aromatic nitrogens is 1. The van der Waals surface area contributed by atoms with E-state index in [2.05, 4.69) is 20.4 Å². The summed E-state index contributed by atoms with van der Waals surface area (Å²) >= 11 is 0. The van der Waals surface area contributed by atoms with Crippen molar-refractivity contribution in [1.29, 1.82) is 0 Å². The maximum atomic E-state index is 16.5. The molecule has 3 aromatic rings. The molecule has 0 amide bonds. The van der Waals surface area contributed by atoms with Gasteiger partial charge in [-0.2, -0.15) is 13.9 Å². The van der Waals surface area contributed by atoms with E-state index >= 15 is 8.78 Å². The molecule has 4 rings (SSSR count). The third-order valence-corrected chi connectivity index (χ3v) is 6.15. The topological polar surface area (TPSA) is 62.2 Å². The largest absolute Gasteiger partial charge is 0.573 e. The number of methoxy groups -OCH3 is 1. The van der Waals surface area contributed by atoms with Gasteiger partial charge in [0, 0.05) is 25.9 Å². The lowest BCUT2D eigenvalue weighted by Gasteiger charge is -2.42. The van der Waals surface area contributed by atoms with Crippen LogP contribution in [0.4, 0.5) is 26.3 Å². The van der Waals surface area contributed by atoms with Gasteiger partial charge in [-0.25, -0.2) is 9.93 Å². The molecule has 202 valence electrons. The van der Waals surface area contributed by atoms with Gasteiger partial charge >= 0.3 is 12.3 Å². The summed E-state index contributed by atoms with van der Waals surface area (Å²) in [6.07, 6.45) is -2.34. The van der Waals surface area contributed by atoms with E-state index in [-0.39, 0.29) is 11.1 Å². The van der Waals surface area contributed by atoms with Crippen LogP contribution in [0.15, 0.2) is 65.9 Å². The fraction of sp³-hybridized carbons (Fsp3) is 0.280. The van der Waals surface area contributed by atoms with Gasteiger partial charge in [-0.05, 0) is 53.9 Å². The van der Waals surface area contributed by atoms with Gasteiger partial charge in [-0.1, -0.05) is 24.3 Å². The Morgan fingerprint density at radius 3 is 2.16 bits per heavy atom. The summed E-state index contributed by atoms with van der Waals surface area (Å²) in [7, 11) is 2.71. The number of rotatable bonds is 8. The van der Waals surface area contributed by atoms with Gasteiger partial charge < -0.3 is 9.47 Å². The van der Waals surface area contributed by atoms with Crippen LogP contribution >= 0.6 is 0 Å². The molecule has 7 nitrogen and oxygen atoms in total. The van der Waals surface area contributed by atoms with Gasteiger partial charge in [0.05, 0.1) is 6.54 Å². The zero-order valence-electron chi connectivity index (χ0n) is 20.4. The van der Waals surface area contributed by atoms with Gasteiger partial charge in [0.1, 0.15) is 23.6 Å². The number of ether oxygens (including phenoxy) is 2. The Morgan fingerprint density at radius 2 is 1.63 bits per heavy atom. The molecule has 2 heterocycles. The summed E-state index contributed by atoms with van der Waals surface area (Å²) in [6.45, 7) is 1.09. The molecule has 0 fully saturated rings. The lowest BCUT2D eigenvalue weighted by molar-refractivity contribution is -0.274. The molecular weight excluding hydrogens is 516 g/mol. The highest BCUT2D eigenvalue weighted by Gasteiger charge is 2.59. The second-order valence-corrected chi connectivity index (χ2v) is 8.53. The molecule has 0 bridgehead atoms. The van der Waals surface area contributed by atoms with Crippen LogP contribution < -0.4 is 10.3 Å². The summed E-state index contributed by atoms with van der Waals surface area (Å²) < 4.78 is 93.5. The Morgan fingerprint density at radius 1 is 0.947 bits per heavy atom. The lowest BCUT2D eigenvalue weighted by Crippen LogP contribution is -2.56. The number of hydrogen-bond acceptors (Lipinski definition) is 7. The van der Waals surface area contributed by atoms with Crippen molar-refractivity contribution in [1.82, 2.24) is 20.6 Å². The van der Waals surface area contributed by atoms with E-state index in [4.69, 9.17) is 4.74 Å². The predicted octanol–water partition coefficient (Wildman–Crippen LogP) is 5.34. The average Bonchev–Trinajstić information content (AvgIpc) is 3.26. The van der Waals surface area contributed by atoms with Crippen molar-refractivity contribution in [3.05, 3.63) is 83.4 Å². The molecule has 1 aliphatic rings. The Kier molecular flexibility index (Phi) is 7.26. The number of alkyl halides is 5. The molecule has 2 aromatic carbocycles. The first-order chi connectivity index (χ1) is 17.9. The first kappa shape index (κ1) is 27.2. The summed E-state index contributed by atoms with van der Waals surface area (Å²) in [5, 5.41) is 6.60. The maximum absolute atomic E-state index is 16.5. The Hall–Kier alpha value is -3.84. The Balaban J connectivity index is 1.72. The van der Waals surface area contributed by atoms with Crippen LogP contribution in [0.2, 0.25) is 0 Å². The quantitative estimate of drug-likeness (QED) is 0.390. The standard InChI is InChI=1S/C25H23F6N5O2/c1-16-12-19(26)7-10-21(16)23(37-3,14-36-15-33-34-35(36)2)24(27,28)22-11-6-18(13-32-22)17-4-8-20(9-5-17)38-25(29,30)31/h4-13,15,34H,14H2,1-3H3/t23-/m1/s1. The number of nitrogens with one attached hydrogen (secondary N) is 1. The Bertz CT molecular complexity index is 1300. The van der Waals surface area contributed by atoms with Crippen molar-refractivity contribution in [3.8, 4) is 16.9 Å². The molecule has 1 aliphatic heterocycles. The van der Waals surface area contributed by atoms with Crippen LogP contribution in [0, 0.1) is 12.7 Å². The number of benzene rings is 2. The highest BCUT2D eigenvalue weighted by Crippen LogP contribution is 2.49. The fourth-order valence-electron chi connectivity index (χ4n) is 4.23. The molecule has 1 aromatic heterocycles. The molecule has 1 atom stereocenters. The molecule has 13 heteroatoms. The molecule has 0 aliphatic carbocycles. The highest BCUT2D eigenvalue weighted by atomic mass is 19.4. The van der Waals surface area contributed by atoms with E-state index in [0.717, 1.165) is 37.4 Å².